The van der Waals surface area contributed by atoms with Crippen LogP contribution < -0.4 is 0 Å². The molecule has 0 atom stereocenters. The van der Waals surface area contributed by atoms with Gasteiger partial charge in [-0.15, -0.1) is 0 Å². The molecule has 0 amide bonds. The summed E-state index contributed by atoms with van der Waals surface area (Å²) in [5.41, 5.74) is 5.10. The van der Waals surface area contributed by atoms with Crippen LogP contribution in [0.3, 0.4) is 0 Å². The van der Waals surface area contributed by atoms with Gasteiger partial charge in [0.15, 0.2) is 0 Å². The molecule has 0 bridgehead atoms. The van der Waals surface area contributed by atoms with E-state index in [4.69, 9.17) is 5.26 Å². The van der Waals surface area contributed by atoms with Crippen LogP contribution in [0.5, 0.6) is 0 Å². The van der Waals surface area contributed by atoms with Gasteiger partial charge in [0.05, 0.1) is 17.1 Å². The van der Waals surface area contributed by atoms with E-state index in [0.29, 0.717) is 5.56 Å². The topological polar surface area (TPSA) is 36.7 Å². The van der Waals surface area contributed by atoms with Crippen molar-refractivity contribution in [3.8, 4) is 17.2 Å². The largest absolute Gasteiger partial charge is 0.256 e. The first-order valence-corrected chi connectivity index (χ1v) is 6.14. The van der Waals surface area contributed by atoms with E-state index in [1.54, 1.807) is 6.20 Å². The Kier molecular flexibility index (Phi) is 2.74. The molecule has 2 nitrogen and oxygen atoms in total. The number of aryl methyl sites for hydroxylation is 1. The first kappa shape index (κ1) is 11.4. The van der Waals surface area contributed by atoms with Crippen LogP contribution in [0.1, 0.15) is 11.1 Å². The molecule has 0 aliphatic carbocycles. The van der Waals surface area contributed by atoms with Gasteiger partial charge in [0, 0.05) is 11.6 Å². The summed E-state index contributed by atoms with van der Waals surface area (Å²) < 4.78 is 0. The summed E-state index contributed by atoms with van der Waals surface area (Å²) in [6, 6.07) is 18.1. The summed E-state index contributed by atoms with van der Waals surface area (Å²) in [6.07, 6.45) is 1.80. The molecule has 2 heteroatoms. The monoisotopic (exact) mass is 244 g/mol. The number of nitriles is 1. The van der Waals surface area contributed by atoms with Crippen molar-refractivity contribution in [1.82, 2.24) is 4.98 Å². The summed E-state index contributed by atoms with van der Waals surface area (Å²) >= 11 is 0. The second-order valence-corrected chi connectivity index (χ2v) is 4.52. The lowest BCUT2D eigenvalue weighted by Gasteiger charge is -2.09. The Hall–Kier alpha value is -2.66. The highest BCUT2D eigenvalue weighted by molar-refractivity contribution is 5.95. The Bertz CT molecular complexity index is 798. The summed E-state index contributed by atoms with van der Waals surface area (Å²) in [6.45, 7) is 2.10. The smallest absolute Gasteiger partial charge is 0.0992 e. The molecule has 3 aromatic rings. The molecule has 0 saturated carbocycles. The highest BCUT2D eigenvalue weighted by Gasteiger charge is 2.07. The number of hydrogen-bond acceptors (Lipinski definition) is 2. The number of benzene rings is 2. The van der Waals surface area contributed by atoms with Gasteiger partial charge in [0.2, 0.25) is 0 Å². The predicted molar refractivity (Wildman–Crippen MR) is 76.6 cm³/mol. The molecule has 1 aromatic heterocycles. The van der Waals surface area contributed by atoms with E-state index in [9.17, 15) is 0 Å². The number of nitrogens with zero attached hydrogens (tertiary/aromatic N) is 2. The van der Waals surface area contributed by atoms with Crippen LogP contribution in [0.25, 0.3) is 22.0 Å². The summed E-state index contributed by atoms with van der Waals surface area (Å²) in [5, 5.41) is 10.0. The molecule has 0 N–H and O–H groups in total. The summed E-state index contributed by atoms with van der Waals surface area (Å²) in [7, 11) is 0. The van der Waals surface area contributed by atoms with E-state index in [-0.39, 0.29) is 0 Å². The first-order chi connectivity index (χ1) is 9.29. The fourth-order valence-electron chi connectivity index (χ4n) is 2.33. The number of aromatic nitrogens is 1. The van der Waals surface area contributed by atoms with E-state index in [1.807, 2.05) is 36.4 Å². The number of fused-ring (bicyclic) bond motifs is 1. The van der Waals surface area contributed by atoms with Crippen LogP contribution in [0.2, 0.25) is 0 Å². The third kappa shape index (κ3) is 1.96. The maximum atomic E-state index is 8.95. The summed E-state index contributed by atoms with van der Waals surface area (Å²) in [4.78, 5) is 4.35. The minimum atomic E-state index is 0.641. The van der Waals surface area contributed by atoms with E-state index in [0.717, 1.165) is 16.5 Å². The van der Waals surface area contributed by atoms with Crippen LogP contribution in [0, 0.1) is 18.3 Å². The van der Waals surface area contributed by atoms with Crippen molar-refractivity contribution >= 4 is 10.9 Å². The molecular weight excluding hydrogens is 232 g/mol. The van der Waals surface area contributed by atoms with Crippen molar-refractivity contribution in [1.29, 1.82) is 5.26 Å². The first-order valence-electron chi connectivity index (χ1n) is 6.14. The Balaban J connectivity index is 2.32. The van der Waals surface area contributed by atoms with Crippen molar-refractivity contribution in [2.45, 2.75) is 6.92 Å². The van der Waals surface area contributed by atoms with Gasteiger partial charge in [-0.2, -0.15) is 5.26 Å². The van der Waals surface area contributed by atoms with E-state index >= 15 is 0 Å². The molecule has 0 aliphatic heterocycles. The quantitative estimate of drug-likeness (QED) is 0.646. The lowest BCUT2D eigenvalue weighted by Crippen LogP contribution is -1.87. The highest BCUT2D eigenvalue weighted by Crippen LogP contribution is 2.29. The number of rotatable bonds is 1. The Morgan fingerprint density at radius 1 is 1.00 bits per heavy atom. The molecular formula is C17H12N2. The average Bonchev–Trinajstić information content (AvgIpc) is 2.46. The highest BCUT2D eigenvalue weighted by atomic mass is 14.6. The second-order valence-electron chi connectivity index (χ2n) is 4.52. The molecule has 90 valence electrons. The zero-order chi connectivity index (χ0) is 13.2. The maximum Gasteiger partial charge on any atom is 0.0992 e. The van der Waals surface area contributed by atoms with Crippen LogP contribution in [-0.4, -0.2) is 4.98 Å². The average molecular weight is 244 g/mol. The van der Waals surface area contributed by atoms with Gasteiger partial charge in [0.1, 0.15) is 0 Å². The van der Waals surface area contributed by atoms with E-state index in [1.165, 1.54) is 11.1 Å². The van der Waals surface area contributed by atoms with Gasteiger partial charge in [-0.25, -0.2) is 0 Å². The van der Waals surface area contributed by atoms with E-state index in [2.05, 4.69) is 30.1 Å². The molecule has 0 unspecified atom stereocenters. The minimum absolute atomic E-state index is 0.641. The van der Waals surface area contributed by atoms with Gasteiger partial charge in [-0.05, 0) is 41.8 Å². The van der Waals surface area contributed by atoms with Crippen molar-refractivity contribution in [3.05, 3.63) is 65.9 Å². The fraction of sp³-hybridized carbons (Fsp3) is 0.0588. The summed E-state index contributed by atoms with van der Waals surface area (Å²) in [5.74, 6) is 0. The van der Waals surface area contributed by atoms with Gasteiger partial charge in [-0.3, -0.25) is 4.98 Å². The lowest BCUT2D eigenvalue weighted by molar-refractivity contribution is 1.39. The Morgan fingerprint density at radius 3 is 2.63 bits per heavy atom. The van der Waals surface area contributed by atoms with Crippen molar-refractivity contribution in [3.63, 3.8) is 0 Å². The SMILES string of the molecule is Cc1ccccc1-c1ccnc2cc(C#N)ccc12. The van der Waals surface area contributed by atoms with Crippen molar-refractivity contribution in [2.24, 2.45) is 0 Å². The second kappa shape index (κ2) is 4.55. The predicted octanol–water partition coefficient (Wildman–Crippen LogP) is 4.08. The van der Waals surface area contributed by atoms with Crippen LogP contribution >= 0.6 is 0 Å². The maximum absolute atomic E-state index is 8.95. The van der Waals surface area contributed by atoms with Gasteiger partial charge in [0.25, 0.3) is 0 Å². The van der Waals surface area contributed by atoms with Gasteiger partial charge in [-0.1, -0.05) is 30.3 Å². The van der Waals surface area contributed by atoms with Crippen LogP contribution in [-0.2, 0) is 0 Å². The third-order valence-electron chi connectivity index (χ3n) is 3.31. The molecule has 0 aliphatic rings. The van der Waals surface area contributed by atoms with Crippen LogP contribution in [0.4, 0.5) is 0 Å². The molecule has 0 spiro atoms. The zero-order valence-corrected chi connectivity index (χ0v) is 10.6. The molecule has 19 heavy (non-hydrogen) atoms. The standard InChI is InChI=1S/C17H12N2/c1-12-4-2-3-5-14(12)15-8-9-19-17-10-13(11-18)6-7-16(15)17/h2-10H,1H3. The number of hydrogen-bond donors (Lipinski definition) is 0. The van der Waals surface area contributed by atoms with Crippen molar-refractivity contribution in [2.75, 3.05) is 0 Å². The Morgan fingerprint density at radius 2 is 1.84 bits per heavy atom. The number of pyridine rings is 1. The van der Waals surface area contributed by atoms with Crippen molar-refractivity contribution < 1.29 is 0 Å². The lowest BCUT2D eigenvalue weighted by atomic mass is 9.97. The normalized spacial score (nSPS) is 10.3. The Labute approximate surface area is 112 Å². The molecule has 0 fully saturated rings. The van der Waals surface area contributed by atoms with Crippen LogP contribution in [0.15, 0.2) is 54.7 Å². The minimum Gasteiger partial charge on any atom is -0.256 e. The third-order valence-corrected chi connectivity index (χ3v) is 3.31. The van der Waals surface area contributed by atoms with Gasteiger partial charge < -0.3 is 0 Å². The molecule has 0 radical (unpaired) electrons. The molecule has 0 saturated heterocycles. The fourth-order valence-corrected chi connectivity index (χ4v) is 2.33. The molecule has 1 heterocycles. The molecule has 3 rings (SSSR count). The van der Waals surface area contributed by atoms with E-state index < -0.39 is 0 Å². The van der Waals surface area contributed by atoms with Gasteiger partial charge >= 0.3 is 0 Å². The molecule has 2 aromatic carbocycles. The zero-order valence-electron chi connectivity index (χ0n) is 10.6.